The van der Waals surface area contributed by atoms with E-state index in [4.69, 9.17) is 9.52 Å². The summed E-state index contributed by atoms with van der Waals surface area (Å²) in [5, 5.41) is 10.7. The number of nitrogens with one attached hydrogen (secondary N) is 1. The molecule has 78 valence electrons. The molecule has 1 amide bonds. The average Bonchev–Trinajstić information content (AvgIpc) is 2.53. The second-order valence-electron chi connectivity index (χ2n) is 3.19. The zero-order valence-electron chi connectivity index (χ0n) is 8.15. The number of oxazole rings is 1. The summed E-state index contributed by atoms with van der Waals surface area (Å²) in [6, 6.07) is 5.41. The van der Waals surface area contributed by atoms with Gasteiger partial charge in [0.25, 0.3) is 0 Å². The lowest BCUT2D eigenvalue weighted by atomic mass is 10.2. The van der Waals surface area contributed by atoms with Gasteiger partial charge in [-0.05, 0) is 17.7 Å². The van der Waals surface area contributed by atoms with E-state index in [0.717, 1.165) is 11.1 Å². The molecule has 0 aliphatic rings. The Morgan fingerprint density at radius 3 is 3.13 bits per heavy atom. The third kappa shape index (κ3) is 2.07. The third-order valence-electron chi connectivity index (χ3n) is 2.00. The van der Waals surface area contributed by atoms with Gasteiger partial charge in [0, 0.05) is 13.5 Å². The topological polar surface area (TPSA) is 75.4 Å². The molecular formula is C10H10N2O3. The molecule has 0 aliphatic heterocycles. The van der Waals surface area contributed by atoms with Gasteiger partial charge in [0.2, 0.25) is 0 Å². The first kappa shape index (κ1) is 9.51. The van der Waals surface area contributed by atoms with Gasteiger partial charge in [0.05, 0.1) is 0 Å². The van der Waals surface area contributed by atoms with Crippen molar-refractivity contribution in [3.05, 3.63) is 29.7 Å². The Balaban J connectivity index is 2.26. The van der Waals surface area contributed by atoms with Crippen molar-refractivity contribution in [2.75, 3.05) is 0 Å². The summed E-state index contributed by atoms with van der Waals surface area (Å²) < 4.78 is 5.33. The van der Waals surface area contributed by atoms with Gasteiger partial charge in [-0.3, -0.25) is 0 Å². The fraction of sp³-hybridized carbons (Fsp3) is 0.200. The predicted molar refractivity (Wildman–Crippen MR) is 53.6 cm³/mol. The van der Waals surface area contributed by atoms with Gasteiger partial charge in [-0.2, -0.15) is 0 Å². The van der Waals surface area contributed by atoms with Gasteiger partial charge in [-0.1, -0.05) is 6.07 Å². The number of hydrogen-bond acceptors (Lipinski definition) is 3. The Morgan fingerprint density at radius 2 is 2.40 bits per heavy atom. The molecular weight excluding hydrogens is 196 g/mol. The Morgan fingerprint density at radius 1 is 1.60 bits per heavy atom. The van der Waals surface area contributed by atoms with Crippen molar-refractivity contribution in [1.29, 1.82) is 0 Å². The molecule has 5 heteroatoms. The molecule has 0 unspecified atom stereocenters. The highest BCUT2D eigenvalue weighted by Gasteiger charge is 2.03. The van der Waals surface area contributed by atoms with Crippen LogP contribution >= 0.6 is 0 Å². The quantitative estimate of drug-likeness (QED) is 0.786. The molecule has 2 N–H and O–H groups in total. The number of benzene rings is 1. The monoisotopic (exact) mass is 206 g/mol. The minimum absolute atomic E-state index is 0.269. The fourth-order valence-electron chi connectivity index (χ4n) is 1.37. The summed E-state index contributed by atoms with van der Waals surface area (Å²) >= 11 is 0. The van der Waals surface area contributed by atoms with E-state index < -0.39 is 6.09 Å². The summed E-state index contributed by atoms with van der Waals surface area (Å²) in [6.45, 7) is 2.04. The zero-order chi connectivity index (χ0) is 10.8. The maximum absolute atomic E-state index is 10.3. The summed E-state index contributed by atoms with van der Waals surface area (Å²) in [7, 11) is 0. The molecule has 0 atom stereocenters. The van der Waals surface area contributed by atoms with Crippen LogP contribution in [0.1, 0.15) is 11.5 Å². The molecule has 0 bridgehead atoms. The van der Waals surface area contributed by atoms with E-state index >= 15 is 0 Å². The van der Waals surface area contributed by atoms with E-state index in [1.807, 2.05) is 12.1 Å². The summed E-state index contributed by atoms with van der Waals surface area (Å²) in [4.78, 5) is 14.4. The number of amides is 1. The Hall–Kier alpha value is -2.04. The summed E-state index contributed by atoms with van der Waals surface area (Å²) in [6.07, 6.45) is -1.04. The first-order valence-corrected chi connectivity index (χ1v) is 4.48. The zero-order valence-corrected chi connectivity index (χ0v) is 8.15. The molecule has 1 aromatic carbocycles. The lowest BCUT2D eigenvalue weighted by molar-refractivity contribution is 0.194. The van der Waals surface area contributed by atoms with Crippen LogP contribution in [0.2, 0.25) is 0 Å². The summed E-state index contributed by atoms with van der Waals surface area (Å²) in [5.41, 5.74) is 2.31. The lowest BCUT2D eigenvalue weighted by Crippen LogP contribution is -2.19. The normalized spacial score (nSPS) is 10.5. The molecule has 0 saturated carbocycles. The van der Waals surface area contributed by atoms with Crippen molar-refractivity contribution >= 4 is 17.2 Å². The van der Waals surface area contributed by atoms with E-state index in [1.54, 1.807) is 13.0 Å². The van der Waals surface area contributed by atoms with Gasteiger partial charge in [-0.15, -0.1) is 0 Å². The smallest absolute Gasteiger partial charge is 0.404 e. The van der Waals surface area contributed by atoms with Crippen LogP contribution in [0.4, 0.5) is 4.79 Å². The van der Waals surface area contributed by atoms with Crippen LogP contribution in [-0.2, 0) is 6.54 Å². The van der Waals surface area contributed by atoms with Gasteiger partial charge in [0.1, 0.15) is 5.52 Å². The van der Waals surface area contributed by atoms with Crippen LogP contribution in [0.15, 0.2) is 22.6 Å². The molecule has 1 heterocycles. The molecule has 1 aromatic heterocycles. The Labute approximate surface area is 85.7 Å². The molecule has 0 saturated heterocycles. The van der Waals surface area contributed by atoms with E-state index in [1.165, 1.54) is 0 Å². The van der Waals surface area contributed by atoms with Gasteiger partial charge in [-0.25, -0.2) is 9.78 Å². The van der Waals surface area contributed by atoms with Crippen LogP contribution in [0, 0.1) is 6.92 Å². The van der Waals surface area contributed by atoms with Crippen molar-refractivity contribution in [2.45, 2.75) is 13.5 Å². The van der Waals surface area contributed by atoms with Crippen LogP contribution in [0.3, 0.4) is 0 Å². The number of carbonyl (C=O) groups is 1. The maximum atomic E-state index is 10.3. The van der Waals surface area contributed by atoms with Crippen molar-refractivity contribution in [1.82, 2.24) is 10.3 Å². The van der Waals surface area contributed by atoms with Crippen LogP contribution in [0.5, 0.6) is 0 Å². The van der Waals surface area contributed by atoms with Crippen LogP contribution in [0.25, 0.3) is 11.1 Å². The van der Waals surface area contributed by atoms with E-state index in [9.17, 15) is 4.79 Å². The van der Waals surface area contributed by atoms with Gasteiger partial charge < -0.3 is 14.8 Å². The molecule has 2 rings (SSSR count). The van der Waals surface area contributed by atoms with Crippen molar-refractivity contribution < 1.29 is 14.3 Å². The minimum Gasteiger partial charge on any atom is -0.465 e. The first-order chi connectivity index (χ1) is 7.15. The average molecular weight is 206 g/mol. The lowest BCUT2D eigenvalue weighted by Gasteiger charge is -1.99. The largest absolute Gasteiger partial charge is 0.465 e. The van der Waals surface area contributed by atoms with E-state index in [0.29, 0.717) is 11.5 Å². The Bertz CT molecular complexity index is 504. The number of nitrogens with zero attached hydrogens (tertiary/aromatic N) is 1. The number of hydrogen-bond donors (Lipinski definition) is 2. The molecule has 5 nitrogen and oxygen atoms in total. The SMILES string of the molecule is Cc1nc2ccc(CNC(=O)O)cc2o1. The number of carboxylic acid groups (broad SMARTS) is 1. The maximum Gasteiger partial charge on any atom is 0.404 e. The molecule has 2 aromatic rings. The number of rotatable bonds is 2. The van der Waals surface area contributed by atoms with Crippen LogP contribution < -0.4 is 5.32 Å². The molecule has 0 fully saturated rings. The number of aryl methyl sites for hydroxylation is 1. The summed E-state index contributed by atoms with van der Waals surface area (Å²) in [5.74, 6) is 0.605. The van der Waals surface area contributed by atoms with Gasteiger partial charge in [0.15, 0.2) is 11.5 Å². The van der Waals surface area contributed by atoms with Crippen molar-refractivity contribution in [3.63, 3.8) is 0 Å². The van der Waals surface area contributed by atoms with E-state index in [2.05, 4.69) is 10.3 Å². The molecule has 0 aliphatic carbocycles. The van der Waals surface area contributed by atoms with E-state index in [-0.39, 0.29) is 6.54 Å². The number of aromatic nitrogens is 1. The highest BCUT2D eigenvalue weighted by atomic mass is 16.4. The molecule has 0 radical (unpaired) electrons. The second-order valence-corrected chi connectivity index (χ2v) is 3.19. The minimum atomic E-state index is -1.04. The highest BCUT2D eigenvalue weighted by Crippen LogP contribution is 2.16. The van der Waals surface area contributed by atoms with Crippen molar-refractivity contribution in [3.8, 4) is 0 Å². The predicted octanol–water partition coefficient (Wildman–Crippen LogP) is 1.90. The molecule has 15 heavy (non-hydrogen) atoms. The number of fused-ring (bicyclic) bond motifs is 1. The van der Waals surface area contributed by atoms with Gasteiger partial charge >= 0.3 is 6.09 Å². The van der Waals surface area contributed by atoms with Crippen molar-refractivity contribution in [2.24, 2.45) is 0 Å². The fourth-order valence-corrected chi connectivity index (χ4v) is 1.37. The first-order valence-electron chi connectivity index (χ1n) is 4.48. The Kier molecular flexibility index (Phi) is 2.29. The van der Waals surface area contributed by atoms with Crippen LogP contribution in [-0.4, -0.2) is 16.2 Å². The third-order valence-corrected chi connectivity index (χ3v) is 2.00. The highest BCUT2D eigenvalue weighted by molar-refractivity contribution is 5.73. The molecule has 0 spiro atoms. The second kappa shape index (κ2) is 3.61. The standard InChI is InChI=1S/C10H10N2O3/c1-6-12-8-3-2-7(4-9(8)15-6)5-11-10(13)14/h2-4,11H,5H2,1H3,(H,13,14).